The van der Waals surface area contributed by atoms with Crippen LogP contribution in [0.2, 0.25) is 0 Å². The van der Waals surface area contributed by atoms with Crippen LogP contribution in [0, 0.1) is 10.8 Å². The second-order valence-electron chi connectivity index (χ2n) is 9.89. The molecule has 1 aliphatic rings. The summed E-state index contributed by atoms with van der Waals surface area (Å²) in [6, 6.07) is 8.80. The maximum Gasteiger partial charge on any atom is 0.287 e. The predicted molar refractivity (Wildman–Crippen MR) is 144 cm³/mol. The standard InChI is InChI=1S/C27H36N6O4/c1-16(2)20-14-21(23(35)15-22(20)34)24(28)33(25(29)26(36)30-17(3)4)19-8-6-18(7-9-19)27(37)32-12-10-31(5)11-13-32/h6-9,14-17,28-29,34-35H,10-13H2,1-5H3,(H,30,36). The molecule has 3 rings (SSSR count). The number of hydrogen-bond donors (Lipinski definition) is 5. The highest BCUT2D eigenvalue weighted by atomic mass is 16.3. The smallest absolute Gasteiger partial charge is 0.287 e. The van der Waals surface area contributed by atoms with Gasteiger partial charge in [0.2, 0.25) is 0 Å². The lowest BCUT2D eigenvalue weighted by molar-refractivity contribution is -0.115. The SMILES string of the molecule is CC(C)NC(=O)C(=N)N(C(=N)c1cc(C(C)C)c(O)cc1O)c1ccc(C(=O)N2CCN(C)CC2)cc1. The minimum atomic E-state index is -0.695. The molecule has 10 heteroatoms. The highest BCUT2D eigenvalue weighted by Crippen LogP contribution is 2.33. The summed E-state index contributed by atoms with van der Waals surface area (Å²) in [5, 5.41) is 40.9. The quantitative estimate of drug-likeness (QED) is 0.310. The third-order valence-electron chi connectivity index (χ3n) is 6.27. The summed E-state index contributed by atoms with van der Waals surface area (Å²) in [6.45, 7) is 10.1. The molecule has 0 unspecified atom stereocenters. The maximum absolute atomic E-state index is 13.0. The number of rotatable bonds is 5. The van der Waals surface area contributed by atoms with E-state index in [-0.39, 0.29) is 40.8 Å². The Hall–Kier alpha value is -3.92. The predicted octanol–water partition coefficient (Wildman–Crippen LogP) is 2.94. The largest absolute Gasteiger partial charge is 0.508 e. The van der Waals surface area contributed by atoms with Crippen LogP contribution in [0.25, 0.3) is 0 Å². The molecule has 0 saturated carbocycles. The number of phenols is 2. The lowest BCUT2D eigenvalue weighted by Crippen LogP contribution is -2.48. The minimum Gasteiger partial charge on any atom is -0.508 e. The number of nitrogens with one attached hydrogen (secondary N) is 3. The van der Waals surface area contributed by atoms with E-state index in [2.05, 4.69) is 10.2 Å². The van der Waals surface area contributed by atoms with E-state index in [1.807, 2.05) is 20.9 Å². The number of carbonyl (C=O) groups excluding carboxylic acids is 2. The van der Waals surface area contributed by atoms with Crippen LogP contribution in [0.15, 0.2) is 36.4 Å². The third-order valence-corrected chi connectivity index (χ3v) is 6.27. The van der Waals surface area contributed by atoms with Gasteiger partial charge in [0.05, 0.1) is 5.56 Å². The van der Waals surface area contributed by atoms with E-state index in [4.69, 9.17) is 10.8 Å². The van der Waals surface area contributed by atoms with Gasteiger partial charge in [-0.05, 0) is 62.7 Å². The molecule has 5 N–H and O–H groups in total. The second-order valence-corrected chi connectivity index (χ2v) is 9.89. The molecule has 0 aromatic heterocycles. The van der Waals surface area contributed by atoms with Crippen molar-refractivity contribution in [2.24, 2.45) is 0 Å². The van der Waals surface area contributed by atoms with Gasteiger partial charge in [-0.15, -0.1) is 0 Å². The highest BCUT2D eigenvalue weighted by molar-refractivity contribution is 6.48. The van der Waals surface area contributed by atoms with Gasteiger partial charge in [-0.25, -0.2) is 0 Å². The van der Waals surface area contributed by atoms with Gasteiger partial charge in [-0.3, -0.25) is 25.3 Å². The molecule has 0 radical (unpaired) electrons. The van der Waals surface area contributed by atoms with Crippen molar-refractivity contribution in [3.8, 4) is 11.5 Å². The number of amidine groups is 2. The Labute approximate surface area is 217 Å². The first-order valence-electron chi connectivity index (χ1n) is 12.3. The molecule has 0 atom stereocenters. The first kappa shape index (κ1) is 27.7. The molecule has 2 aromatic carbocycles. The Kier molecular flexibility index (Phi) is 8.54. The molecule has 0 aliphatic carbocycles. The van der Waals surface area contributed by atoms with E-state index in [1.54, 1.807) is 43.0 Å². The summed E-state index contributed by atoms with van der Waals surface area (Å²) in [4.78, 5) is 30.8. The van der Waals surface area contributed by atoms with Gasteiger partial charge < -0.3 is 25.3 Å². The van der Waals surface area contributed by atoms with Crippen molar-refractivity contribution in [2.45, 2.75) is 39.7 Å². The Balaban J connectivity index is 1.99. The lowest BCUT2D eigenvalue weighted by Gasteiger charge is -2.32. The number of benzene rings is 2. The van der Waals surface area contributed by atoms with Crippen LogP contribution in [-0.2, 0) is 4.79 Å². The second kappa shape index (κ2) is 11.4. The average molecular weight is 509 g/mol. The zero-order valence-electron chi connectivity index (χ0n) is 22.0. The van der Waals surface area contributed by atoms with E-state index in [0.29, 0.717) is 29.9 Å². The number of phenolic OH excluding ortho intramolecular Hbond substituents is 2. The Bertz CT molecular complexity index is 1180. The monoisotopic (exact) mass is 508 g/mol. The fraction of sp³-hybridized carbons (Fsp3) is 0.407. The van der Waals surface area contributed by atoms with Crippen molar-refractivity contribution in [2.75, 3.05) is 38.1 Å². The van der Waals surface area contributed by atoms with Crippen molar-refractivity contribution < 1.29 is 19.8 Å². The number of aromatic hydroxyl groups is 2. The Morgan fingerprint density at radius 2 is 1.54 bits per heavy atom. The molecule has 1 aliphatic heterocycles. The van der Waals surface area contributed by atoms with Crippen LogP contribution in [0.3, 0.4) is 0 Å². The molecule has 0 bridgehead atoms. The fourth-order valence-corrected chi connectivity index (χ4v) is 4.11. The fourth-order valence-electron chi connectivity index (χ4n) is 4.11. The van der Waals surface area contributed by atoms with Crippen LogP contribution < -0.4 is 10.2 Å². The lowest BCUT2D eigenvalue weighted by atomic mass is 9.98. The van der Waals surface area contributed by atoms with Gasteiger partial charge in [-0.2, -0.15) is 0 Å². The molecule has 1 saturated heterocycles. The molecule has 0 spiro atoms. The number of anilines is 1. The van der Waals surface area contributed by atoms with Gasteiger partial charge in [0.15, 0.2) is 5.84 Å². The Morgan fingerprint density at radius 3 is 2.08 bits per heavy atom. The number of likely N-dealkylation sites (N-methyl/N-ethyl adjacent to an activating group) is 1. The molecule has 2 aromatic rings. The van der Waals surface area contributed by atoms with Gasteiger partial charge in [0, 0.05) is 49.5 Å². The average Bonchev–Trinajstić information content (AvgIpc) is 2.84. The number of hydrogen-bond acceptors (Lipinski definition) is 7. The molecule has 37 heavy (non-hydrogen) atoms. The number of nitrogens with zero attached hydrogens (tertiary/aromatic N) is 3. The summed E-state index contributed by atoms with van der Waals surface area (Å²) < 4.78 is 0. The molecular weight excluding hydrogens is 472 g/mol. The van der Waals surface area contributed by atoms with E-state index in [0.717, 1.165) is 24.1 Å². The minimum absolute atomic E-state index is 0.0567. The van der Waals surface area contributed by atoms with E-state index >= 15 is 0 Å². The van der Waals surface area contributed by atoms with Crippen LogP contribution in [0.4, 0.5) is 5.69 Å². The normalized spacial score (nSPS) is 14.1. The molecule has 1 heterocycles. The molecule has 2 amide bonds. The van der Waals surface area contributed by atoms with Crippen molar-refractivity contribution in [1.29, 1.82) is 10.8 Å². The highest BCUT2D eigenvalue weighted by Gasteiger charge is 2.28. The number of carbonyl (C=O) groups is 2. The third kappa shape index (κ3) is 6.26. The van der Waals surface area contributed by atoms with Gasteiger partial charge >= 0.3 is 0 Å². The molecule has 198 valence electrons. The molecule has 1 fully saturated rings. The summed E-state index contributed by atoms with van der Waals surface area (Å²) >= 11 is 0. The summed E-state index contributed by atoms with van der Waals surface area (Å²) in [6.07, 6.45) is 0. The maximum atomic E-state index is 13.0. The first-order chi connectivity index (χ1) is 17.4. The zero-order valence-corrected chi connectivity index (χ0v) is 22.0. The van der Waals surface area contributed by atoms with E-state index in [9.17, 15) is 19.8 Å². The summed E-state index contributed by atoms with van der Waals surface area (Å²) in [5.74, 6) is -2.18. The molecular formula is C27H36N6O4. The van der Waals surface area contributed by atoms with E-state index in [1.165, 1.54) is 6.07 Å². The van der Waals surface area contributed by atoms with Crippen LogP contribution in [-0.4, -0.2) is 82.8 Å². The van der Waals surface area contributed by atoms with Gasteiger partial charge in [-0.1, -0.05) is 13.8 Å². The van der Waals surface area contributed by atoms with Crippen LogP contribution >= 0.6 is 0 Å². The van der Waals surface area contributed by atoms with Crippen LogP contribution in [0.1, 0.15) is 55.1 Å². The van der Waals surface area contributed by atoms with Crippen LogP contribution in [0.5, 0.6) is 11.5 Å². The number of piperazine rings is 1. The van der Waals surface area contributed by atoms with E-state index < -0.39 is 11.7 Å². The summed E-state index contributed by atoms with van der Waals surface area (Å²) in [5.41, 5.74) is 1.35. The van der Waals surface area contributed by atoms with Gasteiger partial charge in [0.25, 0.3) is 11.8 Å². The Morgan fingerprint density at radius 1 is 0.946 bits per heavy atom. The first-order valence-corrected chi connectivity index (χ1v) is 12.3. The van der Waals surface area contributed by atoms with Gasteiger partial charge in [0.1, 0.15) is 17.3 Å². The number of amides is 2. The molecule has 10 nitrogen and oxygen atoms in total. The van der Waals surface area contributed by atoms with Crippen molar-refractivity contribution in [3.63, 3.8) is 0 Å². The zero-order chi connectivity index (χ0) is 27.4. The summed E-state index contributed by atoms with van der Waals surface area (Å²) in [7, 11) is 2.01. The van der Waals surface area contributed by atoms with Crippen molar-refractivity contribution in [1.82, 2.24) is 15.1 Å². The van der Waals surface area contributed by atoms with Crippen molar-refractivity contribution in [3.05, 3.63) is 53.1 Å². The van der Waals surface area contributed by atoms with Crippen molar-refractivity contribution >= 4 is 29.2 Å². The topological polar surface area (TPSA) is 144 Å².